The molecule has 0 saturated heterocycles. The van der Waals surface area contributed by atoms with E-state index in [1.54, 1.807) is 0 Å². The van der Waals surface area contributed by atoms with Gasteiger partial charge >= 0.3 is 5.69 Å². The molecule has 0 amide bonds. The first-order valence-corrected chi connectivity index (χ1v) is 6.12. The number of nitrogens with zero attached hydrogens (tertiary/aromatic N) is 3. The Balaban J connectivity index is 2.32. The van der Waals surface area contributed by atoms with Gasteiger partial charge in [-0.15, -0.1) is 0 Å². The van der Waals surface area contributed by atoms with Crippen LogP contribution in [0.4, 0.5) is 14.5 Å². The smallest absolute Gasteiger partial charge is 0.312 e. The van der Waals surface area contributed by atoms with Gasteiger partial charge in [0.1, 0.15) is 29.1 Å². The van der Waals surface area contributed by atoms with Crippen LogP contribution in [0.2, 0.25) is 0 Å². The number of rotatable bonds is 4. The third-order valence-corrected chi connectivity index (χ3v) is 3.19. The predicted octanol–water partition coefficient (Wildman–Crippen LogP) is 2.42. The van der Waals surface area contributed by atoms with Crippen molar-refractivity contribution in [1.82, 2.24) is 9.78 Å². The molecule has 8 heteroatoms. The van der Waals surface area contributed by atoms with E-state index in [9.17, 15) is 24.0 Å². The quantitative estimate of drug-likeness (QED) is 0.694. The molecule has 1 N–H and O–H groups in total. The molecule has 0 aliphatic heterocycles. The van der Waals surface area contributed by atoms with Crippen molar-refractivity contribution in [1.29, 1.82) is 0 Å². The molecule has 1 aromatic heterocycles. The summed E-state index contributed by atoms with van der Waals surface area (Å²) in [6.07, 6.45) is -1.36. The maximum Gasteiger partial charge on any atom is 0.312 e. The Labute approximate surface area is 118 Å². The van der Waals surface area contributed by atoms with Gasteiger partial charge in [0, 0.05) is 5.56 Å². The highest BCUT2D eigenvalue weighted by Gasteiger charge is 2.24. The van der Waals surface area contributed by atoms with Crippen LogP contribution in [0.5, 0.6) is 0 Å². The molecule has 0 saturated carbocycles. The van der Waals surface area contributed by atoms with Gasteiger partial charge in [-0.2, -0.15) is 5.10 Å². The molecule has 1 aromatic carbocycles. The van der Waals surface area contributed by atoms with E-state index in [-0.39, 0.29) is 29.2 Å². The Morgan fingerprint density at radius 1 is 1.43 bits per heavy atom. The van der Waals surface area contributed by atoms with Crippen molar-refractivity contribution in [2.75, 3.05) is 0 Å². The SMILES string of the molecule is Cc1nn(CC(O)c2cc(F)ccc2F)c(C)c1[N+](=O)[O-]. The molecular weight excluding hydrogens is 284 g/mol. The van der Waals surface area contributed by atoms with Gasteiger partial charge in [-0.25, -0.2) is 8.78 Å². The molecule has 6 nitrogen and oxygen atoms in total. The van der Waals surface area contributed by atoms with Gasteiger partial charge in [-0.05, 0) is 32.0 Å². The third kappa shape index (κ3) is 2.89. The Hall–Kier alpha value is -2.35. The summed E-state index contributed by atoms with van der Waals surface area (Å²) >= 11 is 0. The van der Waals surface area contributed by atoms with Gasteiger partial charge in [0.25, 0.3) is 0 Å². The van der Waals surface area contributed by atoms with Crippen LogP contribution < -0.4 is 0 Å². The molecule has 0 fully saturated rings. The first kappa shape index (κ1) is 15.0. The number of halogens is 2. The lowest BCUT2D eigenvalue weighted by molar-refractivity contribution is -0.386. The molecule has 1 atom stereocenters. The van der Waals surface area contributed by atoms with Crippen molar-refractivity contribution in [3.05, 3.63) is 56.9 Å². The Morgan fingerprint density at radius 3 is 2.67 bits per heavy atom. The molecule has 0 bridgehead atoms. The van der Waals surface area contributed by atoms with Crippen LogP contribution in [0.3, 0.4) is 0 Å². The summed E-state index contributed by atoms with van der Waals surface area (Å²) in [7, 11) is 0. The van der Waals surface area contributed by atoms with Crippen LogP contribution in [-0.4, -0.2) is 19.8 Å². The molecule has 112 valence electrons. The predicted molar refractivity (Wildman–Crippen MR) is 69.7 cm³/mol. The summed E-state index contributed by atoms with van der Waals surface area (Å²) < 4.78 is 27.9. The number of aliphatic hydroxyl groups excluding tert-OH is 1. The molecule has 2 rings (SSSR count). The minimum atomic E-state index is -1.36. The Bertz CT molecular complexity index is 700. The molecule has 0 spiro atoms. The van der Waals surface area contributed by atoms with Crippen LogP contribution in [0.25, 0.3) is 0 Å². The summed E-state index contributed by atoms with van der Waals surface area (Å²) in [4.78, 5) is 10.3. The fourth-order valence-corrected chi connectivity index (χ4v) is 2.16. The molecule has 0 aliphatic rings. The second-order valence-electron chi connectivity index (χ2n) is 4.64. The van der Waals surface area contributed by atoms with E-state index < -0.39 is 22.7 Å². The summed E-state index contributed by atoms with van der Waals surface area (Å²) in [6.45, 7) is 2.74. The van der Waals surface area contributed by atoms with E-state index in [2.05, 4.69) is 5.10 Å². The Morgan fingerprint density at radius 2 is 2.10 bits per heavy atom. The van der Waals surface area contributed by atoms with E-state index in [0.717, 1.165) is 18.2 Å². The number of aliphatic hydroxyl groups is 1. The van der Waals surface area contributed by atoms with Crippen LogP contribution in [0.1, 0.15) is 23.1 Å². The van der Waals surface area contributed by atoms with Gasteiger partial charge in [0.2, 0.25) is 0 Å². The molecule has 0 aliphatic carbocycles. The molecule has 0 radical (unpaired) electrons. The Kier molecular flexibility index (Phi) is 3.99. The highest BCUT2D eigenvalue weighted by Crippen LogP contribution is 2.25. The standard InChI is InChI=1S/C13H13F2N3O3/c1-7-13(18(20)21)8(2)17(16-7)6-12(19)10-5-9(14)3-4-11(10)15/h3-5,12,19H,6H2,1-2H3. The topological polar surface area (TPSA) is 81.2 Å². The largest absolute Gasteiger partial charge is 0.386 e. The zero-order chi connectivity index (χ0) is 15.7. The normalized spacial score (nSPS) is 12.4. The van der Waals surface area contributed by atoms with Crippen LogP contribution in [0, 0.1) is 35.6 Å². The number of aromatic nitrogens is 2. The van der Waals surface area contributed by atoms with Crippen molar-refractivity contribution in [2.24, 2.45) is 0 Å². The first-order chi connectivity index (χ1) is 9.81. The molecule has 1 heterocycles. The number of benzene rings is 1. The van der Waals surface area contributed by atoms with E-state index in [1.165, 1.54) is 18.5 Å². The maximum atomic E-state index is 13.6. The lowest BCUT2D eigenvalue weighted by Gasteiger charge is -2.13. The van der Waals surface area contributed by atoms with Crippen molar-refractivity contribution in [2.45, 2.75) is 26.5 Å². The zero-order valence-corrected chi connectivity index (χ0v) is 11.4. The summed E-state index contributed by atoms with van der Waals surface area (Å²) in [6, 6.07) is 2.75. The average Bonchev–Trinajstić information content (AvgIpc) is 2.67. The highest BCUT2D eigenvalue weighted by atomic mass is 19.1. The molecule has 1 unspecified atom stereocenters. The monoisotopic (exact) mass is 297 g/mol. The van der Waals surface area contributed by atoms with Crippen LogP contribution >= 0.6 is 0 Å². The number of aryl methyl sites for hydroxylation is 1. The second kappa shape index (κ2) is 5.57. The number of nitro groups is 1. The maximum absolute atomic E-state index is 13.6. The van der Waals surface area contributed by atoms with E-state index in [4.69, 9.17) is 0 Å². The van der Waals surface area contributed by atoms with Crippen molar-refractivity contribution >= 4 is 5.69 Å². The fourth-order valence-electron chi connectivity index (χ4n) is 2.16. The van der Waals surface area contributed by atoms with Crippen molar-refractivity contribution in [3.8, 4) is 0 Å². The molecular formula is C13H13F2N3O3. The molecule has 21 heavy (non-hydrogen) atoms. The number of hydrogen-bond donors (Lipinski definition) is 1. The van der Waals surface area contributed by atoms with Gasteiger partial charge < -0.3 is 5.11 Å². The average molecular weight is 297 g/mol. The van der Waals surface area contributed by atoms with Crippen LogP contribution in [0.15, 0.2) is 18.2 Å². The summed E-state index contributed by atoms with van der Waals surface area (Å²) in [5.41, 5.74) is 0.0740. The lowest BCUT2D eigenvalue weighted by atomic mass is 10.1. The molecule has 2 aromatic rings. The van der Waals surface area contributed by atoms with Crippen molar-refractivity contribution in [3.63, 3.8) is 0 Å². The van der Waals surface area contributed by atoms with Crippen LogP contribution in [-0.2, 0) is 6.54 Å². The minimum absolute atomic E-state index is 0.151. The van der Waals surface area contributed by atoms with E-state index in [1.807, 2.05) is 0 Å². The van der Waals surface area contributed by atoms with Gasteiger partial charge in [-0.3, -0.25) is 14.8 Å². The highest BCUT2D eigenvalue weighted by molar-refractivity contribution is 5.39. The fraction of sp³-hybridized carbons (Fsp3) is 0.308. The van der Waals surface area contributed by atoms with E-state index >= 15 is 0 Å². The van der Waals surface area contributed by atoms with Crippen molar-refractivity contribution < 1.29 is 18.8 Å². The van der Waals surface area contributed by atoms with E-state index in [0.29, 0.717) is 0 Å². The van der Waals surface area contributed by atoms with Gasteiger partial charge in [-0.1, -0.05) is 0 Å². The third-order valence-electron chi connectivity index (χ3n) is 3.19. The second-order valence-corrected chi connectivity index (χ2v) is 4.64. The summed E-state index contributed by atoms with van der Waals surface area (Å²) in [5.74, 6) is -1.43. The summed E-state index contributed by atoms with van der Waals surface area (Å²) in [5, 5.41) is 24.8. The van der Waals surface area contributed by atoms with Gasteiger partial charge in [0.15, 0.2) is 0 Å². The van der Waals surface area contributed by atoms with Gasteiger partial charge in [0.05, 0.1) is 11.5 Å². The first-order valence-electron chi connectivity index (χ1n) is 6.12. The number of hydrogen-bond acceptors (Lipinski definition) is 4. The lowest BCUT2D eigenvalue weighted by Crippen LogP contribution is -2.13. The minimum Gasteiger partial charge on any atom is -0.386 e. The zero-order valence-electron chi connectivity index (χ0n) is 11.4.